The summed E-state index contributed by atoms with van der Waals surface area (Å²) in [6, 6.07) is 0. The van der Waals surface area contributed by atoms with Gasteiger partial charge in [0.1, 0.15) is 6.61 Å². The molecule has 0 aromatic carbocycles. The molecule has 1 saturated heterocycles. The molecular weight excluding hydrogens is 230 g/mol. The van der Waals surface area contributed by atoms with Crippen LogP contribution < -0.4 is 10.6 Å². The fraction of sp³-hybridized carbons (Fsp3) is 0.833. The van der Waals surface area contributed by atoms with Crippen LogP contribution in [-0.2, 0) is 11.3 Å². The molecule has 0 aliphatic carbocycles. The maximum atomic E-state index is 5.81. The molecule has 2 rings (SSSR count). The zero-order chi connectivity index (χ0) is 13.0. The Kier molecular flexibility index (Phi) is 4.19. The van der Waals surface area contributed by atoms with Crippen LogP contribution in [0, 0.1) is 5.41 Å². The number of hydrogen-bond acceptors (Lipinski definition) is 5. The number of aromatic nitrogens is 3. The van der Waals surface area contributed by atoms with Crippen LogP contribution in [0.1, 0.15) is 32.5 Å². The molecule has 0 saturated carbocycles. The molecule has 1 aromatic rings. The first-order chi connectivity index (χ1) is 8.67. The summed E-state index contributed by atoms with van der Waals surface area (Å²) in [7, 11) is 0. The van der Waals surface area contributed by atoms with E-state index in [1.54, 1.807) is 0 Å². The minimum atomic E-state index is 0.279. The summed E-state index contributed by atoms with van der Waals surface area (Å²) in [4.78, 5) is 6.66. The fourth-order valence-electron chi connectivity index (χ4n) is 2.14. The quantitative estimate of drug-likeness (QED) is 0.815. The number of nitrogens with zero attached hydrogens (tertiary/aromatic N) is 3. The zero-order valence-electron chi connectivity index (χ0n) is 11.3. The van der Waals surface area contributed by atoms with E-state index in [-0.39, 0.29) is 5.41 Å². The van der Waals surface area contributed by atoms with Gasteiger partial charge in [-0.1, -0.05) is 6.92 Å². The molecular formula is C12H23N5O. The van der Waals surface area contributed by atoms with Crippen molar-refractivity contribution in [2.45, 2.75) is 33.3 Å². The number of ether oxygens (including phenoxy) is 1. The molecule has 0 unspecified atom stereocenters. The molecule has 1 aliphatic rings. The highest BCUT2D eigenvalue weighted by Gasteiger charge is 2.29. The molecule has 1 aliphatic heterocycles. The summed E-state index contributed by atoms with van der Waals surface area (Å²) < 4.78 is 5.30. The highest BCUT2D eigenvalue weighted by molar-refractivity contribution is 5.29. The van der Waals surface area contributed by atoms with Crippen molar-refractivity contribution in [2.24, 2.45) is 11.1 Å². The van der Waals surface area contributed by atoms with Crippen LogP contribution >= 0.6 is 0 Å². The van der Waals surface area contributed by atoms with Crippen molar-refractivity contribution in [3.63, 3.8) is 0 Å². The van der Waals surface area contributed by atoms with Gasteiger partial charge in [-0.3, -0.25) is 5.10 Å². The number of nitrogens with two attached hydrogens (primary N) is 1. The second-order valence-corrected chi connectivity index (χ2v) is 5.22. The largest absolute Gasteiger partial charge is 0.374 e. The van der Waals surface area contributed by atoms with Crippen molar-refractivity contribution < 1.29 is 4.74 Å². The Hall–Kier alpha value is -1.14. The minimum absolute atomic E-state index is 0.279. The summed E-state index contributed by atoms with van der Waals surface area (Å²) in [6.45, 7) is 8.11. The van der Waals surface area contributed by atoms with Gasteiger partial charge >= 0.3 is 0 Å². The standard InChI is InChI=1S/C12H23N5O/c1-3-18-8-10-14-11(16-15-10)17-6-4-12(2,9-13)5-7-17/h3-9,13H2,1-2H3,(H,14,15,16). The molecule has 0 spiro atoms. The number of aromatic amines is 1. The number of hydrogen-bond donors (Lipinski definition) is 2. The van der Waals surface area contributed by atoms with Gasteiger partial charge in [-0.15, -0.1) is 5.10 Å². The van der Waals surface area contributed by atoms with Crippen molar-refractivity contribution in [1.29, 1.82) is 0 Å². The van der Waals surface area contributed by atoms with Crippen LogP contribution in [0.4, 0.5) is 5.95 Å². The van der Waals surface area contributed by atoms with Crippen LogP contribution in [0.2, 0.25) is 0 Å². The average Bonchev–Trinajstić information content (AvgIpc) is 2.86. The summed E-state index contributed by atoms with van der Waals surface area (Å²) in [6.07, 6.45) is 2.19. The maximum absolute atomic E-state index is 5.81. The lowest BCUT2D eigenvalue weighted by atomic mass is 9.81. The van der Waals surface area contributed by atoms with E-state index in [0.29, 0.717) is 13.2 Å². The molecule has 0 atom stereocenters. The van der Waals surface area contributed by atoms with Gasteiger partial charge in [0, 0.05) is 19.7 Å². The van der Waals surface area contributed by atoms with Gasteiger partial charge in [-0.2, -0.15) is 4.98 Å². The van der Waals surface area contributed by atoms with Gasteiger partial charge in [0.2, 0.25) is 5.95 Å². The smallest absolute Gasteiger partial charge is 0.244 e. The van der Waals surface area contributed by atoms with Crippen molar-refractivity contribution in [3.05, 3.63) is 5.82 Å². The third-order valence-corrected chi connectivity index (χ3v) is 3.71. The summed E-state index contributed by atoms with van der Waals surface area (Å²) >= 11 is 0. The molecule has 0 bridgehead atoms. The Labute approximate surface area is 108 Å². The molecule has 1 aromatic heterocycles. The van der Waals surface area contributed by atoms with Crippen molar-refractivity contribution in [2.75, 3.05) is 31.1 Å². The van der Waals surface area contributed by atoms with E-state index >= 15 is 0 Å². The SMILES string of the molecule is CCOCc1nc(N2CCC(C)(CN)CC2)n[nH]1. The van der Waals surface area contributed by atoms with Crippen molar-refractivity contribution in [1.82, 2.24) is 15.2 Å². The summed E-state index contributed by atoms with van der Waals surface area (Å²) in [5.74, 6) is 1.57. The molecule has 3 N–H and O–H groups in total. The second-order valence-electron chi connectivity index (χ2n) is 5.22. The topological polar surface area (TPSA) is 80.1 Å². The van der Waals surface area contributed by atoms with E-state index in [1.165, 1.54) is 0 Å². The monoisotopic (exact) mass is 253 g/mol. The first kappa shape index (κ1) is 13.3. The van der Waals surface area contributed by atoms with Crippen molar-refractivity contribution in [3.8, 4) is 0 Å². The average molecular weight is 253 g/mol. The predicted molar refractivity (Wildman–Crippen MR) is 70.3 cm³/mol. The molecule has 18 heavy (non-hydrogen) atoms. The lowest BCUT2D eigenvalue weighted by Crippen LogP contribution is -2.42. The Morgan fingerprint density at radius 1 is 1.44 bits per heavy atom. The number of H-pyrrole nitrogens is 1. The van der Waals surface area contributed by atoms with Gasteiger partial charge in [0.15, 0.2) is 5.82 Å². The van der Waals surface area contributed by atoms with Gasteiger partial charge in [0.05, 0.1) is 0 Å². The maximum Gasteiger partial charge on any atom is 0.244 e. The van der Waals surface area contributed by atoms with Gasteiger partial charge < -0.3 is 15.4 Å². The van der Waals surface area contributed by atoms with Crippen LogP contribution in [0.3, 0.4) is 0 Å². The Balaban J connectivity index is 1.91. The second kappa shape index (κ2) is 5.67. The number of nitrogens with one attached hydrogen (secondary N) is 1. The zero-order valence-corrected chi connectivity index (χ0v) is 11.3. The Morgan fingerprint density at radius 3 is 2.78 bits per heavy atom. The highest BCUT2D eigenvalue weighted by Crippen LogP contribution is 2.30. The van der Waals surface area contributed by atoms with E-state index in [1.807, 2.05) is 6.92 Å². The van der Waals surface area contributed by atoms with Crippen LogP contribution in [0.25, 0.3) is 0 Å². The summed E-state index contributed by atoms with van der Waals surface area (Å²) in [5.41, 5.74) is 6.09. The number of piperidine rings is 1. The van der Waals surface area contributed by atoms with Gasteiger partial charge in [-0.25, -0.2) is 0 Å². The first-order valence-electron chi connectivity index (χ1n) is 6.61. The third kappa shape index (κ3) is 3.00. The molecule has 1 fully saturated rings. The molecule has 6 nitrogen and oxygen atoms in total. The van der Waals surface area contributed by atoms with Gasteiger partial charge in [-0.05, 0) is 31.7 Å². The number of anilines is 1. The van der Waals surface area contributed by atoms with E-state index in [0.717, 1.165) is 44.2 Å². The van der Waals surface area contributed by atoms with E-state index in [2.05, 4.69) is 27.0 Å². The molecule has 102 valence electrons. The highest BCUT2D eigenvalue weighted by atomic mass is 16.5. The van der Waals surface area contributed by atoms with Crippen LogP contribution in [-0.4, -0.2) is 41.4 Å². The normalized spacial score (nSPS) is 19.2. The summed E-state index contributed by atoms with van der Waals surface area (Å²) in [5, 5.41) is 7.17. The minimum Gasteiger partial charge on any atom is -0.374 e. The molecule has 0 amide bonds. The molecule has 2 heterocycles. The van der Waals surface area contributed by atoms with Crippen LogP contribution in [0.5, 0.6) is 0 Å². The third-order valence-electron chi connectivity index (χ3n) is 3.71. The van der Waals surface area contributed by atoms with E-state index < -0.39 is 0 Å². The Bertz CT molecular complexity index is 370. The first-order valence-corrected chi connectivity index (χ1v) is 6.61. The lowest BCUT2D eigenvalue weighted by Gasteiger charge is -2.38. The number of rotatable bonds is 5. The van der Waals surface area contributed by atoms with E-state index in [4.69, 9.17) is 10.5 Å². The fourth-order valence-corrected chi connectivity index (χ4v) is 2.14. The Morgan fingerprint density at radius 2 is 2.17 bits per heavy atom. The van der Waals surface area contributed by atoms with Crippen LogP contribution in [0.15, 0.2) is 0 Å². The van der Waals surface area contributed by atoms with E-state index in [9.17, 15) is 0 Å². The van der Waals surface area contributed by atoms with Crippen molar-refractivity contribution >= 4 is 5.95 Å². The van der Waals surface area contributed by atoms with Gasteiger partial charge in [0.25, 0.3) is 0 Å². The predicted octanol–water partition coefficient (Wildman–Crippen LogP) is 0.906. The lowest BCUT2D eigenvalue weighted by molar-refractivity contribution is 0.128. The molecule has 0 radical (unpaired) electrons. The molecule has 6 heteroatoms.